The second kappa shape index (κ2) is 28.3. The lowest BCUT2D eigenvalue weighted by atomic mass is 9.67. The van der Waals surface area contributed by atoms with E-state index in [-0.39, 0.29) is 0 Å². The van der Waals surface area contributed by atoms with Crippen LogP contribution in [-0.2, 0) is 10.8 Å². The van der Waals surface area contributed by atoms with E-state index in [0.717, 1.165) is 116 Å². The molecule has 0 spiro atoms. The Balaban J connectivity index is 0.554. The Kier molecular flexibility index (Phi) is 16.2. The van der Waals surface area contributed by atoms with Crippen molar-refractivity contribution in [2.75, 3.05) is 0 Å². The first kappa shape index (κ1) is 71.0. The molecule has 4 aromatic heterocycles. The first-order chi connectivity index (χ1) is 61.4. The van der Waals surface area contributed by atoms with Gasteiger partial charge in [-0.05, 0) is 205 Å². The summed E-state index contributed by atoms with van der Waals surface area (Å²) in [6, 6.07) is 154. The molecule has 19 aromatic carbocycles. The second-order valence-electron chi connectivity index (χ2n) is 32.7. The first-order valence-electron chi connectivity index (χ1n) is 42.2. The van der Waals surface area contributed by atoms with Crippen LogP contribution in [0.5, 0.6) is 0 Å². The Morgan fingerprint density at radius 1 is 0.177 bits per heavy atom. The van der Waals surface area contributed by atoms with Crippen molar-refractivity contribution >= 4 is 85.8 Å². The van der Waals surface area contributed by atoms with Crippen molar-refractivity contribution in [3.8, 4) is 124 Å². The molecule has 0 bridgehead atoms. The van der Waals surface area contributed by atoms with Crippen LogP contribution in [0.3, 0.4) is 0 Å². The molecule has 23 aromatic rings. The lowest BCUT2D eigenvalue weighted by Gasteiger charge is -2.34. The van der Waals surface area contributed by atoms with E-state index in [2.05, 4.69) is 406 Å². The topological polar surface area (TPSA) is 90.5 Å². The molecular weight excluding hydrogens is 1530 g/mol. The number of aromatic nitrogens is 6. The van der Waals surface area contributed by atoms with Crippen LogP contribution in [0.25, 0.3) is 198 Å². The molecule has 0 atom stereocenters. The average molecular weight is 1600 g/mol. The van der Waals surface area contributed by atoms with Gasteiger partial charge in [0, 0.05) is 64.3 Å². The normalized spacial score (nSPS) is 13.0. The van der Waals surface area contributed by atoms with Gasteiger partial charge < -0.3 is 4.42 Å². The van der Waals surface area contributed by atoms with Crippen LogP contribution in [0.2, 0.25) is 0 Å². The zero-order valence-corrected chi connectivity index (χ0v) is 67.7. The Bertz CT molecular complexity index is 8230. The number of rotatable bonds is 13. The van der Waals surface area contributed by atoms with E-state index in [0.29, 0.717) is 34.9 Å². The van der Waals surface area contributed by atoms with Gasteiger partial charge in [0.05, 0.1) is 10.8 Å². The van der Waals surface area contributed by atoms with Crippen molar-refractivity contribution in [3.63, 3.8) is 0 Å². The number of hydrogen-bond donors (Lipinski definition) is 0. The van der Waals surface area contributed by atoms with Crippen molar-refractivity contribution in [2.24, 2.45) is 0 Å². The first-order valence-corrected chi connectivity index (χ1v) is 43.0. The average Bonchev–Trinajstić information content (AvgIpc) is 1.53. The number of fused-ring (bicyclic) bond motifs is 15. The van der Waals surface area contributed by atoms with Gasteiger partial charge in [0.1, 0.15) is 11.2 Å². The molecule has 4 heterocycles. The second-order valence-corrected chi connectivity index (χ2v) is 33.8. The molecule has 0 fully saturated rings. The molecule has 0 unspecified atom stereocenters. The van der Waals surface area contributed by atoms with E-state index in [1.54, 1.807) is 0 Å². The molecule has 25 rings (SSSR count). The van der Waals surface area contributed by atoms with E-state index < -0.39 is 10.8 Å². The van der Waals surface area contributed by atoms with Crippen molar-refractivity contribution in [3.05, 3.63) is 469 Å². The van der Waals surface area contributed by atoms with Gasteiger partial charge in [-0.2, -0.15) is 0 Å². The molecular formula is C116H70N6OS. The number of nitrogens with zero attached hydrogens (tertiary/aromatic N) is 6. The van der Waals surface area contributed by atoms with Crippen LogP contribution in [0, 0.1) is 0 Å². The molecule has 576 valence electrons. The highest BCUT2D eigenvalue weighted by molar-refractivity contribution is 7.25. The molecule has 2 aliphatic carbocycles. The molecule has 8 heteroatoms. The largest absolute Gasteiger partial charge is 0.456 e. The van der Waals surface area contributed by atoms with Gasteiger partial charge in [-0.15, -0.1) is 11.3 Å². The van der Waals surface area contributed by atoms with Crippen molar-refractivity contribution in [1.82, 2.24) is 29.9 Å². The zero-order chi connectivity index (χ0) is 81.6. The standard InChI is InChI=1S/C116H70N6OS/c1-3-23-75(24-4-1)109-117-111(122-114(121-109)98-36-20-28-84-64-82(53-58-91(84)98)83-54-59-96-97-60-56-90(70-106(97)123-105(96)68-83)115(87-29-5-2-6-30-87)101-37-15-11-32-92(101)93-33-12-16-38-102(93)115)77-47-41-73(42-48-77)80-27-19-31-88(66-80)116(103-39-17-13-34-94(103)95-35-14-18-40-104(95)116)89-57-62-108-100(69-89)99-67-86(55-61-107(99)124-108)113-119-110(118-112(120-113)85-52-46-72-22-8-10-26-79(72)65-85)76-49-43-74(44-50-76)81-51-45-71-21-7-9-25-78(71)63-81/h1-70H. The maximum absolute atomic E-state index is 6.97. The fourth-order valence-corrected chi connectivity index (χ4v) is 21.2. The number of hydrogen-bond acceptors (Lipinski definition) is 8. The number of benzene rings is 19. The highest BCUT2D eigenvalue weighted by Crippen LogP contribution is 2.59. The van der Waals surface area contributed by atoms with Gasteiger partial charge >= 0.3 is 0 Å². The van der Waals surface area contributed by atoms with E-state index >= 15 is 0 Å². The van der Waals surface area contributed by atoms with Crippen molar-refractivity contribution in [1.29, 1.82) is 0 Å². The van der Waals surface area contributed by atoms with E-state index in [9.17, 15) is 0 Å². The summed E-state index contributed by atoms with van der Waals surface area (Å²) in [4.78, 5) is 31.9. The number of thiophene rings is 1. The minimum absolute atomic E-state index is 0.527. The van der Waals surface area contributed by atoms with E-state index in [1.165, 1.54) is 92.3 Å². The summed E-state index contributed by atoms with van der Waals surface area (Å²) < 4.78 is 9.35. The van der Waals surface area contributed by atoms with E-state index in [1.807, 2.05) is 29.5 Å². The van der Waals surface area contributed by atoms with Gasteiger partial charge in [0.2, 0.25) is 0 Å². The SMILES string of the molecule is c1ccc(-c2nc(-c3ccc(-c4cccc(C5(c6ccc7sc8ccc(-c9nc(-c%10ccc(-c%11ccc%12ccccc%12c%11)cc%10)nc(-c%10ccc%11ccccc%11c%10)n9)cc8c7c6)c6ccccc6-c6ccccc65)c4)cc3)nc(-c3cccc4cc(-c5ccc6c(c5)oc5cc(C7(c8ccccc8)c8ccccc8-c8ccccc87)ccc56)ccc34)n2)cc1. The van der Waals surface area contributed by atoms with Crippen LogP contribution >= 0.6 is 11.3 Å². The van der Waals surface area contributed by atoms with Crippen LogP contribution in [-0.4, -0.2) is 29.9 Å². The van der Waals surface area contributed by atoms with Gasteiger partial charge in [-0.1, -0.05) is 352 Å². The molecule has 0 N–H and O–H groups in total. The van der Waals surface area contributed by atoms with Crippen molar-refractivity contribution in [2.45, 2.75) is 10.8 Å². The fraction of sp³-hybridized carbons (Fsp3) is 0.0172. The summed E-state index contributed by atoms with van der Waals surface area (Å²) in [5.74, 6) is 3.61. The third-order valence-corrected chi connectivity index (χ3v) is 27.1. The maximum Gasteiger partial charge on any atom is 0.164 e. The van der Waals surface area contributed by atoms with Gasteiger partial charge in [0.25, 0.3) is 0 Å². The summed E-state index contributed by atoms with van der Waals surface area (Å²) in [5, 5.41) is 11.3. The highest BCUT2D eigenvalue weighted by atomic mass is 32.1. The van der Waals surface area contributed by atoms with Crippen LogP contribution < -0.4 is 0 Å². The number of furan rings is 1. The molecule has 0 saturated carbocycles. The monoisotopic (exact) mass is 1590 g/mol. The molecule has 0 saturated heterocycles. The lowest BCUT2D eigenvalue weighted by Crippen LogP contribution is -2.28. The molecule has 2 aliphatic rings. The fourth-order valence-electron chi connectivity index (χ4n) is 20.1. The third-order valence-electron chi connectivity index (χ3n) is 25.9. The summed E-state index contributed by atoms with van der Waals surface area (Å²) in [7, 11) is 0. The molecule has 7 nitrogen and oxygen atoms in total. The zero-order valence-electron chi connectivity index (χ0n) is 66.9. The predicted molar refractivity (Wildman–Crippen MR) is 509 cm³/mol. The quantitative estimate of drug-likeness (QED) is 0.114. The maximum atomic E-state index is 6.97. The summed E-state index contributed by atoms with van der Waals surface area (Å²) in [6.45, 7) is 0. The summed E-state index contributed by atoms with van der Waals surface area (Å²) in [6.07, 6.45) is 0. The molecule has 124 heavy (non-hydrogen) atoms. The Hall–Kier alpha value is -16.0. The van der Waals surface area contributed by atoms with Crippen LogP contribution in [0.15, 0.2) is 429 Å². The van der Waals surface area contributed by atoms with Gasteiger partial charge in [0.15, 0.2) is 34.9 Å². The summed E-state index contributed by atoms with van der Waals surface area (Å²) >= 11 is 1.81. The van der Waals surface area contributed by atoms with E-state index in [4.69, 9.17) is 34.3 Å². The van der Waals surface area contributed by atoms with Crippen LogP contribution in [0.4, 0.5) is 0 Å². The Morgan fingerprint density at radius 3 is 1.12 bits per heavy atom. The molecule has 0 aliphatic heterocycles. The Morgan fingerprint density at radius 2 is 0.516 bits per heavy atom. The van der Waals surface area contributed by atoms with Gasteiger partial charge in [-0.3, -0.25) is 0 Å². The highest BCUT2D eigenvalue weighted by Gasteiger charge is 2.48. The van der Waals surface area contributed by atoms with Crippen LogP contribution in [0.1, 0.15) is 44.5 Å². The minimum Gasteiger partial charge on any atom is -0.456 e. The predicted octanol–water partition coefficient (Wildman–Crippen LogP) is 29.5. The summed E-state index contributed by atoms with van der Waals surface area (Å²) in [5.41, 5.74) is 27.3. The third kappa shape index (κ3) is 11.3. The molecule has 0 radical (unpaired) electrons. The smallest absolute Gasteiger partial charge is 0.164 e. The molecule has 0 amide bonds. The minimum atomic E-state index is -0.704. The van der Waals surface area contributed by atoms with Gasteiger partial charge in [-0.25, -0.2) is 29.9 Å². The Labute approximate surface area is 719 Å². The lowest BCUT2D eigenvalue weighted by molar-refractivity contribution is 0.666. The van der Waals surface area contributed by atoms with Crippen molar-refractivity contribution < 1.29 is 4.42 Å².